The molecular formula is C22H28N2O3. The average Bonchev–Trinajstić information content (AvgIpc) is 2.66. The van der Waals surface area contributed by atoms with Crippen LogP contribution in [0.3, 0.4) is 0 Å². The molecule has 0 saturated carbocycles. The summed E-state index contributed by atoms with van der Waals surface area (Å²) in [6.07, 6.45) is 6.53. The van der Waals surface area contributed by atoms with E-state index in [9.17, 15) is 0 Å². The topological polar surface area (TPSA) is 52.9 Å². The highest BCUT2D eigenvalue weighted by molar-refractivity contribution is 5.98. The molecule has 0 unspecified atom stereocenters. The van der Waals surface area contributed by atoms with E-state index in [-0.39, 0.29) is 0 Å². The van der Waals surface area contributed by atoms with Crippen LogP contribution < -0.4 is 9.47 Å². The lowest BCUT2D eigenvalue weighted by Crippen LogP contribution is -2.05. The fourth-order valence-corrected chi connectivity index (χ4v) is 2.70. The average molecular weight is 368 g/mol. The second-order valence-electron chi connectivity index (χ2n) is 6.18. The SMILES string of the molecule is C/C=C/COc1cc(C)c(OCc2ccc(/C(CC)=N/OC)nc2)c(C)c1. The number of ether oxygens (including phenoxy) is 2. The lowest BCUT2D eigenvalue weighted by Gasteiger charge is -2.14. The molecule has 144 valence electrons. The summed E-state index contributed by atoms with van der Waals surface area (Å²) in [5, 5.41) is 4.00. The van der Waals surface area contributed by atoms with Gasteiger partial charge in [0.25, 0.3) is 0 Å². The summed E-state index contributed by atoms with van der Waals surface area (Å²) in [6, 6.07) is 7.95. The molecule has 27 heavy (non-hydrogen) atoms. The van der Waals surface area contributed by atoms with Crippen molar-refractivity contribution >= 4 is 5.71 Å². The largest absolute Gasteiger partial charge is 0.490 e. The summed E-state index contributed by atoms with van der Waals surface area (Å²) in [4.78, 5) is 9.33. The van der Waals surface area contributed by atoms with E-state index in [1.807, 2.05) is 70.3 Å². The summed E-state index contributed by atoms with van der Waals surface area (Å²) in [5.74, 6) is 1.73. The van der Waals surface area contributed by atoms with Crippen molar-refractivity contribution in [1.29, 1.82) is 0 Å². The Morgan fingerprint density at radius 3 is 2.44 bits per heavy atom. The van der Waals surface area contributed by atoms with Gasteiger partial charge in [0.15, 0.2) is 0 Å². The van der Waals surface area contributed by atoms with Gasteiger partial charge in [-0.05, 0) is 56.5 Å². The lowest BCUT2D eigenvalue weighted by atomic mass is 10.1. The zero-order valence-corrected chi connectivity index (χ0v) is 16.8. The third kappa shape index (κ3) is 5.84. The minimum atomic E-state index is 0.455. The molecule has 1 heterocycles. The van der Waals surface area contributed by atoms with E-state index < -0.39 is 0 Å². The second-order valence-corrected chi connectivity index (χ2v) is 6.18. The molecule has 0 aliphatic heterocycles. The van der Waals surface area contributed by atoms with Crippen LogP contribution in [0.5, 0.6) is 11.5 Å². The van der Waals surface area contributed by atoms with Gasteiger partial charge in [-0.25, -0.2) is 0 Å². The van der Waals surface area contributed by atoms with Crippen molar-refractivity contribution in [3.05, 3.63) is 65.0 Å². The zero-order chi connectivity index (χ0) is 19.6. The third-order valence-electron chi connectivity index (χ3n) is 4.06. The number of benzene rings is 1. The Labute approximate surface area is 161 Å². The summed E-state index contributed by atoms with van der Waals surface area (Å²) < 4.78 is 11.8. The molecule has 1 aromatic heterocycles. The molecule has 0 aliphatic rings. The number of aryl methyl sites for hydroxylation is 2. The van der Waals surface area contributed by atoms with E-state index >= 15 is 0 Å². The molecule has 1 aromatic carbocycles. The van der Waals surface area contributed by atoms with Gasteiger partial charge in [0.05, 0.1) is 5.69 Å². The molecule has 0 radical (unpaired) electrons. The normalized spacial score (nSPS) is 11.7. The molecule has 0 aliphatic carbocycles. The van der Waals surface area contributed by atoms with Crippen molar-refractivity contribution in [3.63, 3.8) is 0 Å². The molecule has 0 fully saturated rings. The van der Waals surface area contributed by atoms with E-state index in [0.717, 1.165) is 46.0 Å². The van der Waals surface area contributed by atoms with Gasteiger partial charge in [-0.2, -0.15) is 0 Å². The number of aromatic nitrogens is 1. The van der Waals surface area contributed by atoms with Crippen molar-refractivity contribution in [3.8, 4) is 11.5 Å². The quantitative estimate of drug-likeness (QED) is 0.355. The highest BCUT2D eigenvalue weighted by Crippen LogP contribution is 2.29. The maximum absolute atomic E-state index is 6.04. The van der Waals surface area contributed by atoms with Gasteiger partial charge in [-0.15, -0.1) is 0 Å². The van der Waals surface area contributed by atoms with Crippen LogP contribution in [0.1, 0.15) is 42.7 Å². The van der Waals surface area contributed by atoms with Gasteiger partial charge >= 0.3 is 0 Å². The Morgan fingerprint density at radius 1 is 1.15 bits per heavy atom. The number of rotatable bonds is 9. The summed E-state index contributed by atoms with van der Waals surface area (Å²) in [7, 11) is 1.54. The van der Waals surface area contributed by atoms with Crippen LogP contribution in [-0.2, 0) is 11.4 Å². The summed E-state index contributed by atoms with van der Waals surface area (Å²) in [6.45, 7) is 9.08. The second kappa shape index (κ2) is 10.4. The number of nitrogens with zero attached hydrogens (tertiary/aromatic N) is 2. The van der Waals surface area contributed by atoms with Crippen LogP contribution in [0.2, 0.25) is 0 Å². The van der Waals surface area contributed by atoms with Crippen LogP contribution >= 0.6 is 0 Å². The molecule has 0 saturated heterocycles. The molecular weight excluding hydrogens is 340 g/mol. The van der Waals surface area contributed by atoms with Crippen molar-refractivity contribution in [2.24, 2.45) is 5.16 Å². The van der Waals surface area contributed by atoms with Crippen LogP contribution in [0.25, 0.3) is 0 Å². The standard InChI is InChI=1S/C22H28N2O3/c1-6-8-11-26-19-12-16(3)22(17(4)13-19)27-15-18-9-10-21(23-14-18)20(7-2)24-25-5/h6,8-10,12-14H,7,11,15H2,1-5H3/b8-6+,24-20+. The minimum Gasteiger partial charge on any atom is -0.490 e. The first-order chi connectivity index (χ1) is 13.1. The molecule has 0 spiro atoms. The fraction of sp³-hybridized carbons (Fsp3) is 0.364. The smallest absolute Gasteiger partial charge is 0.125 e. The third-order valence-corrected chi connectivity index (χ3v) is 4.06. The van der Waals surface area contributed by atoms with E-state index in [1.165, 1.54) is 0 Å². The Kier molecular flexibility index (Phi) is 7.86. The molecule has 5 nitrogen and oxygen atoms in total. The number of hydrogen-bond acceptors (Lipinski definition) is 5. The first-order valence-corrected chi connectivity index (χ1v) is 9.12. The molecule has 5 heteroatoms. The van der Waals surface area contributed by atoms with Crippen LogP contribution in [0.15, 0.2) is 47.8 Å². The van der Waals surface area contributed by atoms with E-state index in [1.54, 1.807) is 7.11 Å². The lowest BCUT2D eigenvalue weighted by molar-refractivity contribution is 0.213. The Hall–Kier alpha value is -2.82. The summed E-state index contributed by atoms with van der Waals surface area (Å²) >= 11 is 0. The van der Waals surface area contributed by atoms with E-state index in [2.05, 4.69) is 10.1 Å². The van der Waals surface area contributed by atoms with Crippen molar-refractivity contribution < 1.29 is 14.3 Å². The number of oxime groups is 1. The highest BCUT2D eigenvalue weighted by Gasteiger charge is 2.09. The maximum atomic E-state index is 6.04. The number of hydrogen-bond donors (Lipinski definition) is 0. The molecule has 0 bridgehead atoms. The van der Waals surface area contributed by atoms with Crippen LogP contribution in [0, 0.1) is 13.8 Å². The Balaban J connectivity index is 2.04. The molecule has 0 amide bonds. The van der Waals surface area contributed by atoms with Crippen molar-refractivity contribution in [1.82, 2.24) is 4.98 Å². The van der Waals surface area contributed by atoms with Crippen molar-refractivity contribution in [2.75, 3.05) is 13.7 Å². The first-order valence-electron chi connectivity index (χ1n) is 9.12. The van der Waals surface area contributed by atoms with E-state index in [0.29, 0.717) is 13.2 Å². The first kappa shape index (κ1) is 20.5. The van der Waals surface area contributed by atoms with E-state index in [4.69, 9.17) is 14.3 Å². The number of allylic oxidation sites excluding steroid dienone is 1. The molecule has 2 rings (SSSR count). The fourth-order valence-electron chi connectivity index (χ4n) is 2.70. The minimum absolute atomic E-state index is 0.455. The Morgan fingerprint density at radius 2 is 1.89 bits per heavy atom. The van der Waals surface area contributed by atoms with Crippen LogP contribution in [0.4, 0.5) is 0 Å². The zero-order valence-electron chi connectivity index (χ0n) is 16.8. The van der Waals surface area contributed by atoms with Gasteiger partial charge < -0.3 is 14.3 Å². The maximum Gasteiger partial charge on any atom is 0.125 e. The predicted molar refractivity (Wildman–Crippen MR) is 109 cm³/mol. The van der Waals surface area contributed by atoms with Crippen molar-refractivity contribution in [2.45, 2.75) is 40.7 Å². The molecule has 2 aromatic rings. The van der Waals surface area contributed by atoms with Gasteiger partial charge in [0.1, 0.15) is 37.5 Å². The predicted octanol–water partition coefficient (Wildman–Crippen LogP) is 4.99. The molecule has 0 N–H and O–H groups in total. The van der Waals surface area contributed by atoms with Gasteiger partial charge in [-0.3, -0.25) is 4.98 Å². The summed E-state index contributed by atoms with van der Waals surface area (Å²) in [5.41, 5.74) is 4.74. The Bertz CT molecular complexity index is 773. The monoisotopic (exact) mass is 368 g/mol. The van der Waals surface area contributed by atoms with Gasteiger partial charge in [0.2, 0.25) is 0 Å². The van der Waals surface area contributed by atoms with Gasteiger partial charge in [0, 0.05) is 11.8 Å². The molecule has 0 atom stereocenters. The van der Waals surface area contributed by atoms with Crippen LogP contribution in [-0.4, -0.2) is 24.4 Å². The highest BCUT2D eigenvalue weighted by atomic mass is 16.6. The number of pyridine rings is 1. The van der Waals surface area contributed by atoms with Gasteiger partial charge in [-0.1, -0.05) is 30.3 Å².